The minimum absolute atomic E-state index is 0.0835. The lowest BCUT2D eigenvalue weighted by atomic mass is 9.97. The standard InChI is InChI=1S/C19H27NO3S/c1-13-8-9-14(2)17(10-13)24-12-19(22)23-11-18(21)20-15(3)6-5-7-16(20)4/h8-10,15-16H,5-7,11-12H2,1-4H3/t15-,16-/m1/s1. The van der Waals surface area contributed by atoms with Crippen LogP contribution in [-0.4, -0.2) is 41.2 Å². The first kappa shape index (κ1) is 18.8. The number of benzene rings is 1. The summed E-state index contributed by atoms with van der Waals surface area (Å²) in [6.45, 7) is 8.02. The number of piperidine rings is 1. The van der Waals surface area contributed by atoms with Crippen molar-refractivity contribution in [3.8, 4) is 0 Å². The molecule has 0 spiro atoms. The highest BCUT2D eigenvalue weighted by atomic mass is 32.2. The second kappa shape index (κ2) is 8.56. The molecule has 0 N–H and O–H groups in total. The van der Waals surface area contributed by atoms with E-state index < -0.39 is 0 Å². The van der Waals surface area contributed by atoms with Crippen molar-refractivity contribution < 1.29 is 14.3 Å². The van der Waals surface area contributed by atoms with Crippen LogP contribution in [0.25, 0.3) is 0 Å². The Hall–Kier alpha value is -1.49. The molecule has 0 bridgehead atoms. The monoisotopic (exact) mass is 349 g/mol. The number of nitrogens with zero attached hydrogens (tertiary/aromatic N) is 1. The highest BCUT2D eigenvalue weighted by Crippen LogP contribution is 2.24. The van der Waals surface area contributed by atoms with Gasteiger partial charge >= 0.3 is 5.97 Å². The van der Waals surface area contributed by atoms with Crippen molar-refractivity contribution >= 4 is 23.6 Å². The van der Waals surface area contributed by atoms with E-state index in [-0.39, 0.29) is 36.3 Å². The van der Waals surface area contributed by atoms with Gasteiger partial charge in [-0.25, -0.2) is 0 Å². The number of esters is 1. The summed E-state index contributed by atoms with van der Waals surface area (Å²) in [5, 5.41) is 0. The first-order valence-corrected chi connectivity index (χ1v) is 9.54. The lowest BCUT2D eigenvalue weighted by molar-refractivity contribution is -0.153. The van der Waals surface area contributed by atoms with Crippen LogP contribution >= 0.6 is 11.8 Å². The number of carbonyl (C=O) groups is 2. The van der Waals surface area contributed by atoms with Crippen LogP contribution in [0.5, 0.6) is 0 Å². The summed E-state index contributed by atoms with van der Waals surface area (Å²) >= 11 is 1.46. The third-order valence-electron chi connectivity index (χ3n) is 4.53. The molecule has 0 aliphatic carbocycles. The third-order valence-corrected chi connectivity index (χ3v) is 5.66. The molecule has 1 aliphatic rings. The smallest absolute Gasteiger partial charge is 0.316 e. The fourth-order valence-electron chi connectivity index (χ4n) is 3.17. The molecule has 0 radical (unpaired) electrons. The predicted molar refractivity (Wildman–Crippen MR) is 97.2 cm³/mol. The summed E-state index contributed by atoms with van der Waals surface area (Å²) in [6, 6.07) is 6.62. The zero-order valence-corrected chi connectivity index (χ0v) is 15.8. The molecule has 132 valence electrons. The van der Waals surface area contributed by atoms with Crippen LogP contribution in [0.3, 0.4) is 0 Å². The van der Waals surface area contributed by atoms with E-state index in [0.717, 1.165) is 29.7 Å². The topological polar surface area (TPSA) is 46.6 Å². The van der Waals surface area contributed by atoms with Crippen molar-refractivity contribution in [2.24, 2.45) is 0 Å². The fourth-order valence-corrected chi connectivity index (χ4v) is 4.09. The van der Waals surface area contributed by atoms with E-state index in [2.05, 4.69) is 26.0 Å². The predicted octanol–water partition coefficient (Wildman–Crippen LogP) is 3.73. The molecule has 0 saturated carbocycles. The average Bonchev–Trinajstić information content (AvgIpc) is 2.53. The highest BCUT2D eigenvalue weighted by molar-refractivity contribution is 8.00. The first-order chi connectivity index (χ1) is 11.4. The van der Waals surface area contributed by atoms with Gasteiger partial charge in [-0.1, -0.05) is 17.7 Å². The van der Waals surface area contributed by atoms with Crippen LogP contribution in [0.2, 0.25) is 0 Å². The SMILES string of the molecule is Cc1ccc(C)c(SCC(=O)OCC(=O)N2[C@H](C)CCC[C@H]2C)c1. The van der Waals surface area contributed by atoms with Crippen LogP contribution in [0.15, 0.2) is 23.1 Å². The van der Waals surface area contributed by atoms with Gasteiger partial charge < -0.3 is 9.64 Å². The van der Waals surface area contributed by atoms with Crippen molar-refractivity contribution in [1.29, 1.82) is 0 Å². The Bertz CT molecular complexity index is 592. The Balaban J connectivity index is 1.80. The van der Waals surface area contributed by atoms with E-state index >= 15 is 0 Å². The van der Waals surface area contributed by atoms with Gasteiger partial charge in [0.15, 0.2) is 6.61 Å². The molecule has 1 aromatic carbocycles. The highest BCUT2D eigenvalue weighted by Gasteiger charge is 2.29. The van der Waals surface area contributed by atoms with Crippen molar-refractivity contribution in [3.63, 3.8) is 0 Å². The molecule has 4 nitrogen and oxygen atoms in total. The zero-order valence-electron chi connectivity index (χ0n) is 15.0. The maximum atomic E-state index is 12.3. The lowest BCUT2D eigenvalue weighted by Crippen LogP contribution is -2.49. The average molecular weight is 349 g/mol. The van der Waals surface area contributed by atoms with Crippen molar-refractivity contribution in [2.45, 2.75) is 63.9 Å². The molecular weight excluding hydrogens is 322 g/mol. The third kappa shape index (κ3) is 5.00. The molecule has 24 heavy (non-hydrogen) atoms. The zero-order chi connectivity index (χ0) is 17.7. The number of carbonyl (C=O) groups excluding carboxylic acids is 2. The molecule has 5 heteroatoms. The van der Waals surface area contributed by atoms with Gasteiger partial charge in [-0.2, -0.15) is 0 Å². The van der Waals surface area contributed by atoms with Crippen LogP contribution in [-0.2, 0) is 14.3 Å². The number of thioether (sulfide) groups is 1. The van der Waals surface area contributed by atoms with E-state index in [1.54, 1.807) is 0 Å². The summed E-state index contributed by atoms with van der Waals surface area (Å²) in [5.74, 6) is -0.200. The molecule has 1 saturated heterocycles. The minimum atomic E-state index is -0.341. The fraction of sp³-hybridized carbons (Fsp3) is 0.579. The minimum Gasteiger partial charge on any atom is -0.455 e. The number of hydrogen-bond acceptors (Lipinski definition) is 4. The summed E-state index contributed by atoms with van der Waals surface area (Å²) in [5.41, 5.74) is 2.31. The van der Waals surface area contributed by atoms with Crippen LogP contribution in [0, 0.1) is 13.8 Å². The molecule has 2 rings (SSSR count). The number of rotatable bonds is 5. The van der Waals surface area contributed by atoms with Crippen molar-refractivity contribution in [2.75, 3.05) is 12.4 Å². The van der Waals surface area contributed by atoms with E-state index in [1.165, 1.54) is 17.3 Å². The molecule has 1 heterocycles. The van der Waals surface area contributed by atoms with Crippen molar-refractivity contribution in [1.82, 2.24) is 4.90 Å². The number of likely N-dealkylation sites (tertiary alicyclic amines) is 1. The molecule has 1 aromatic rings. The van der Waals surface area contributed by atoms with Crippen LogP contribution in [0.1, 0.15) is 44.2 Å². The summed E-state index contributed by atoms with van der Waals surface area (Å²) in [4.78, 5) is 27.2. The van der Waals surface area contributed by atoms with Gasteiger partial charge in [0, 0.05) is 17.0 Å². The molecule has 1 aliphatic heterocycles. The van der Waals surface area contributed by atoms with Gasteiger partial charge in [0.05, 0.1) is 5.75 Å². The summed E-state index contributed by atoms with van der Waals surface area (Å²) < 4.78 is 5.19. The Morgan fingerprint density at radius 1 is 1.21 bits per heavy atom. The van der Waals surface area contributed by atoms with Gasteiger partial charge in [-0.05, 0) is 58.6 Å². The Morgan fingerprint density at radius 3 is 2.54 bits per heavy atom. The number of ether oxygens (including phenoxy) is 1. The van der Waals surface area contributed by atoms with E-state index in [4.69, 9.17) is 4.74 Å². The summed E-state index contributed by atoms with van der Waals surface area (Å²) in [7, 11) is 0. The van der Waals surface area contributed by atoms with Crippen molar-refractivity contribution in [3.05, 3.63) is 29.3 Å². The van der Waals surface area contributed by atoms with E-state index in [1.807, 2.05) is 24.8 Å². The number of aryl methyl sites for hydroxylation is 2. The van der Waals surface area contributed by atoms with Gasteiger partial charge in [0.1, 0.15) is 0 Å². The van der Waals surface area contributed by atoms with Crippen LogP contribution < -0.4 is 0 Å². The van der Waals surface area contributed by atoms with Gasteiger partial charge in [0.25, 0.3) is 5.91 Å². The van der Waals surface area contributed by atoms with Gasteiger partial charge in [-0.3, -0.25) is 9.59 Å². The Labute approximate surface area is 148 Å². The quantitative estimate of drug-likeness (QED) is 0.600. The molecule has 0 unspecified atom stereocenters. The molecule has 1 fully saturated rings. The molecular formula is C19H27NO3S. The maximum absolute atomic E-state index is 12.3. The van der Waals surface area contributed by atoms with Crippen LogP contribution in [0.4, 0.5) is 0 Å². The van der Waals surface area contributed by atoms with E-state index in [9.17, 15) is 9.59 Å². The molecule has 0 aromatic heterocycles. The van der Waals surface area contributed by atoms with Gasteiger partial charge in [0.2, 0.25) is 0 Å². The lowest BCUT2D eigenvalue weighted by Gasteiger charge is -2.38. The Morgan fingerprint density at radius 2 is 1.88 bits per heavy atom. The number of amides is 1. The second-order valence-corrected chi connectivity index (χ2v) is 7.67. The normalized spacial score (nSPS) is 20.8. The summed E-state index contributed by atoms with van der Waals surface area (Å²) in [6.07, 6.45) is 3.19. The largest absolute Gasteiger partial charge is 0.455 e. The number of hydrogen-bond donors (Lipinski definition) is 0. The maximum Gasteiger partial charge on any atom is 0.316 e. The molecule has 1 amide bonds. The van der Waals surface area contributed by atoms with E-state index in [0.29, 0.717) is 0 Å². The molecule has 2 atom stereocenters. The second-order valence-electron chi connectivity index (χ2n) is 6.65. The first-order valence-electron chi connectivity index (χ1n) is 8.55. The Kier molecular flexibility index (Phi) is 6.72. The van der Waals surface area contributed by atoms with Gasteiger partial charge in [-0.15, -0.1) is 11.8 Å².